The monoisotopic (exact) mass is 277 g/mol. The van der Waals surface area contributed by atoms with Crippen LogP contribution in [-0.4, -0.2) is 35.5 Å². The molecule has 0 bridgehead atoms. The van der Waals surface area contributed by atoms with Gasteiger partial charge >= 0.3 is 5.97 Å². The predicted molar refractivity (Wildman–Crippen MR) is 75.6 cm³/mol. The summed E-state index contributed by atoms with van der Waals surface area (Å²) in [6.07, 6.45) is 0. The van der Waals surface area contributed by atoms with E-state index in [1.54, 1.807) is 14.0 Å². The third-order valence-electron chi connectivity index (χ3n) is 3.03. The third-order valence-corrected chi connectivity index (χ3v) is 3.99. The van der Waals surface area contributed by atoms with Crippen LogP contribution in [0.1, 0.15) is 17.3 Å². The number of fused-ring (bicyclic) bond motifs is 1. The zero-order valence-corrected chi connectivity index (χ0v) is 11.6. The molecular formula is C14H15NO3S. The highest BCUT2D eigenvalue weighted by Crippen LogP contribution is 2.26. The van der Waals surface area contributed by atoms with E-state index >= 15 is 0 Å². The van der Waals surface area contributed by atoms with Gasteiger partial charge in [-0.3, -0.25) is 9.59 Å². The van der Waals surface area contributed by atoms with Crippen molar-refractivity contribution in [3.63, 3.8) is 0 Å². The summed E-state index contributed by atoms with van der Waals surface area (Å²) in [5.74, 6) is -1.60. The van der Waals surface area contributed by atoms with Crippen molar-refractivity contribution < 1.29 is 14.7 Å². The van der Waals surface area contributed by atoms with Gasteiger partial charge in [0.1, 0.15) is 0 Å². The lowest BCUT2D eigenvalue weighted by Crippen LogP contribution is -2.33. The highest BCUT2D eigenvalue weighted by atomic mass is 32.1. The van der Waals surface area contributed by atoms with Crippen LogP contribution in [0.3, 0.4) is 0 Å². The molecule has 0 spiro atoms. The maximum atomic E-state index is 12.3. The van der Waals surface area contributed by atoms with Crippen molar-refractivity contribution in [2.24, 2.45) is 5.92 Å². The number of aliphatic carboxylic acids is 1. The number of amides is 1. The van der Waals surface area contributed by atoms with Crippen LogP contribution in [0.25, 0.3) is 10.1 Å². The number of hydrogen-bond donors (Lipinski definition) is 1. The second-order valence-electron chi connectivity index (χ2n) is 4.57. The standard InChI is InChI=1S/C14H15NO3S/c1-9(14(17)18)7-15(2)13(16)11-8-19-12-6-4-3-5-10(11)12/h3-6,8-9H,7H2,1-2H3,(H,17,18)/t9-/m0/s1. The van der Waals surface area contributed by atoms with E-state index in [0.717, 1.165) is 10.1 Å². The van der Waals surface area contributed by atoms with Gasteiger partial charge in [-0.1, -0.05) is 25.1 Å². The Morgan fingerprint density at radius 2 is 2.05 bits per heavy atom. The zero-order chi connectivity index (χ0) is 14.0. The molecule has 1 aromatic carbocycles. The first-order valence-electron chi connectivity index (χ1n) is 5.95. The van der Waals surface area contributed by atoms with Crippen molar-refractivity contribution in [2.75, 3.05) is 13.6 Å². The Hall–Kier alpha value is -1.88. The average molecular weight is 277 g/mol. The molecule has 1 aromatic heterocycles. The van der Waals surface area contributed by atoms with Gasteiger partial charge in [-0.15, -0.1) is 11.3 Å². The summed E-state index contributed by atoms with van der Waals surface area (Å²) >= 11 is 1.52. The highest BCUT2D eigenvalue weighted by Gasteiger charge is 2.20. The number of thiophene rings is 1. The molecule has 2 aromatic rings. The van der Waals surface area contributed by atoms with Crippen LogP contribution in [0.15, 0.2) is 29.6 Å². The molecule has 0 saturated heterocycles. The molecule has 5 heteroatoms. The lowest BCUT2D eigenvalue weighted by molar-refractivity contribution is -0.141. The van der Waals surface area contributed by atoms with Crippen molar-refractivity contribution in [3.05, 3.63) is 35.2 Å². The number of benzene rings is 1. The number of rotatable bonds is 4. The topological polar surface area (TPSA) is 57.6 Å². The molecule has 1 heterocycles. The van der Waals surface area contributed by atoms with E-state index in [2.05, 4.69) is 0 Å². The Morgan fingerprint density at radius 1 is 1.37 bits per heavy atom. The fourth-order valence-corrected chi connectivity index (χ4v) is 2.86. The van der Waals surface area contributed by atoms with Crippen molar-refractivity contribution in [1.29, 1.82) is 0 Å². The lowest BCUT2D eigenvalue weighted by Gasteiger charge is -2.19. The van der Waals surface area contributed by atoms with Crippen molar-refractivity contribution in [1.82, 2.24) is 4.90 Å². The van der Waals surface area contributed by atoms with Gasteiger partial charge in [0, 0.05) is 29.1 Å². The Morgan fingerprint density at radius 3 is 2.74 bits per heavy atom. The maximum absolute atomic E-state index is 12.3. The molecule has 1 N–H and O–H groups in total. The summed E-state index contributed by atoms with van der Waals surface area (Å²) in [7, 11) is 1.63. The Labute approximate surface area is 115 Å². The first-order chi connectivity index (χ1) is 9.00. The van der Waals surface area contributed by atoms with Crippen LogP contribution >= 0.6 is 11.3 Å². The van der Waals surface area contributed by atoms with Crippen LogP contribution < -0.4 is 0 Å². The van der Waals surface area contributed by atoms with E-state index in [4.69, 9.17) is 5.11 Å². The zero-order valence-electron chi connectivity index (χ0n) is 10.8. The second-order valence-corrected chi connectivity index (χ2v) is 5.48. The molecule has 19 heavy (non-hydrogen) atoms. The minimum absolute atomic E-state index is 0.134. The summed E-state index contributed by atoms with van der Waals surface area (Å²) in [5, 5.41) is 11.6. The molecule has 2 rings (SSSR count). The van der Waals surface area contributed by atoms with Gasteiger partial charge in [0.2, 0.25) is 0 Å². The molecule has 0 fully saturated rings. The minimum atomic E-state index is -0.894. The van der Waals surface area contributed by atoms with Gasteiger partial charge in [-0.2, -0.15) is 0 Å². The van der Waals surface area contributed by atoms with E-state index in [0.29, 0.717) is 5.56 Å². The summed E-state index contributed by atoms with van der Waals surface area (Å²) < 4.78 is 1.06. The SMILES string of the molecule is C[C@@H](CN(C)C(=O)c1csc2ccccc12)C(=O)O. The lowest BCUT2D eigenvalue weighted by atomic mass is 10.1. The summed E-state index contributed by atoms with van der Waals surface area (Å²) in [5.41, 5.74) is 0.640. The molecule has 1 amide bonds. The maximum Gasteiger partial charge on any atom is 0.308 e. The van der Waals surface area contributed by atoms with Gasteiger partial charge in [0.05, 0.1) is 11.5 Å². The summed E-state index contributed by atoms with van der Waals surface area (Å²) in [4.78, 5) is 24.6. The van der Waals surface area contributed by atoms with Crippen LogP contribution in [0.4, 0.5) is 0 Å². The van der Waals surface area contributed by atoms with Crippen LogP contribution in [0.5, 0.6) is 0 Å². The molecule has 0 radical (unpaired) electrons. The van der Waals surface area contributed by atoms with E-state index in [-0.39, 0.29) is 12.5 Å². The van der Waals surface area contributed by atoms with Crippen LogP contribution in [-0.2, 0) is 4.79 Å². The fraction of sp³-hybridized carbons (Fsp3) is 0.286. The predicted octanol–water partition coefficient (Wildman–Crippen LogP) is 2.69. The Kier molecular flexibility index (Phi) is 3.85. The van der Waals surface area contributed by atoms with Gasteiger partial charge in [0.15, 0.2) is 0 Å². The Bertz CT molecular complexity index is 620. The molecular weight excluding hydrogens is 262 g/mol. The van der Waals surface area contributed by atoms with Crippen LogP contribution in [0, 0.1) is 5.92 Å². The summed E-state index contributed by atoms with van der Waals surface area (Å²) in [6, 6.07) is 7.71. The van der Waals surface area contributed by atoms with Crippen molar-refractivity contribution in [3.8, 4) is 0 Å². The number of nitrogens with zero attached hydrogens (tertiary/aromatic N) is 1. The molecule has 4 nitrogen and oxygen atoms in total. The van der Waals surface area contributed by atoms with Gasteiger partial charge in [-0.25, -0.2) is 0 Å². The largest absolute Gasteiger partial charge is 0.481 e. The highest BCUT2D eigenvalue weighted by molar-refractivity contribution is 7.17. The minimum Gasteiger partial charge on any atom is -0.481 e. The van der Waals surface area contributed by atoms with Crippen molar-refractivity contribution in [2.45, 2.75) is 6.92 Å². The van der Waals surface area contributed by atoms with Crippen LogP contribution in [0.2, 0.25) is 0 Å². The number of carboxylic acid groups (broad SMARTS) is 1. The van der Waals surface area contributed by atoms with E-state index in [1.807, 2.05) is 29.6 Å². The smallest absolute Gasteiger partial charge is 0.308 e. The molecule has 0 aliphatic rings. The first kappa shape index (κ1) is 13.5. The fourth-order valence-electron chi connectivity index (χ4n) is 1.92. The normalized spacial score (nSPS) is 12.3. The number of carboxylic acids is 1. The summed E-state index contributed by atoms with van der Waals surface area (Å²) in [6.45, 7) is 1.80. The number of carbonyl (C=O) groups excluding carboxylic acids is 1. The quantitative estimate of drug-likeness (QED) is 0.934. The average Bonchev–Trinajstić information content (AvgIpc) is 2.81. The molecule has 100 valence electrons. The van der Waals surface area contributed by atoms with Gasteiger partial charge in [-0.05, 0) is 6.07 Å². The van der Waals surface area contributed by atoms with Crippen molar-refractivity contribution >= 4 is 33.3 Å². The number of carbonyl (C=O) groups is 2. The third kappa shape index (κ3) is 2.76. The second kappa shape index (κ2) is 5.40. The molecule has 1 atom stereocenters. The van der Waals surface area contributed by atoms with E-state index in [9.17, 15) is 9.59 Å². The van der Waals surface area contributed by atoms with Gasteiger partial charge < -0.3 is 10.0 Å². The Balaban J connectivity index is 2.22. The molecule has 0 aliphatic heterocycles. The molecule has 0 aliphatic carbocycles. The molecule has 0 unspecified atom stereocenters. The van der Waals surface area contributed by atoms with E-state index in [1.165, 1.54) is 16.2 Å². The van der Waals surface area contributed by atoms with E-state index < -0.39 is 11.9 Å². The first-order valence-corrected chi connectivity index (χ1v) is 6.83. The van der Waals surface area contributed by atoms with Gasteiger partial charge in [0.25, 0.3) is 5.91 Å². The molecule has 0 saturated carbocycles. The number of hydrogen-bond acceptors (Lipinski definition) is 3.